The molecule has 1 aliphatic heterocycles. The lowest BCUT2D eigenvalue weighted by atomic mass is 9.76. The summed E-state index contributed by atoms with van der Waals surface area (Å²) in [6.07, 6.45) is 0. The SMILES string of the molecule is Cc1ccc(C2(O)C(=O)C(c3ccccc3)=[N+]([O-])C2(C)C)cc1. The molecule has 0 radical (unpaired) electrons. The smallest absolute Gasteiger partial charge is 0.271 e. The molecule has 0 saturated heterocycles. The average molecular weight is 309 g/mol. The number of hydrogen-bond acceptors (Lipinski definition) is 3. The largest absolute Gasteiger partial charge is 0.623 e. The predicted molar refractivity (Wildman–Crippen MR) is 88.3 cm³/mol. The standard InChI is InChI=1S/C19H19NO3/c1-13-9-11-15(12-10-13)19(22)17(21)16(20(23)18(19,2)3)14-7-5-4-6-8-14/h4-12,22H,1-3H3. The Balaban J connectivity index is 2.19. The third-order valence-corrected chi connectivity index (χ3v) is 4.66. The van der Waals surface area contributed by atoms with Crippen LogP contribution < -0.4 is 0 Å². The second-order valence-corrected chi connectivity index (χ2v) is 6.47. The molecule has 0 amide bonds. The highest BCUT2D eigenvalue weighted by Crippen LogP contribution is 2.42. The number of rotatable bonds is 2. The van der Waals surface area contributed by atoms with Gasteiger partial charge in [-0.05, 0) is 24.6 Å². The van der Waals surface area contributed by atoms with Crippen LogP contribution in [0.15, 0.2) is 54.6 Å². The van der Waals surface area contributed by atoms with Gasteiger partial charge in [0.1, 0.15) is 0 Å². The molecule has 1 unspecified atom stereocenters. The number of aryl methyl sites for hydroxylation is 1. The summed E-state index contributed by atoms with van der Waals surface area (Å²) >= 11 is 0. The molecule has 0 bridgehead atoms. The predicted octanol–water partition coefficient (Wildman–Crippen LogP) is 2.54. The van der Waals surface area contributed by atoms with Gasteiger partial charge in [-0.2, -0.15) is 4.74 Å². The van der Waals surface area contributed by atoms with Crippen molar-refractivity contribution in [1.29, 1.82) is 0 Å². The van der Waals surface area contributed by atoms with Crippen LogP contribution in [0.25, 0.3) is 0 Å². The fourth-order valence-corrected chi connectivity index (χ4v) is 3.09. The zero-order chi connectivity index (χ0) is 16.8. The number of hydrogen-bond donors (Lipinski definition) is 1. The van der Waals surface area contributed by atoms with Crippen LogP contribution in [0.2, 0.25) is 0 Å². The molecule has 2 aromatic rings. The molecule has 118 valence electrons. The molecular formula is C19H19NO3. The molecule has 1 N–H and O–H groups in total. The first-order valence-corrected chi connectivity index (χ1v) is 7.54. The van der Waals surface area contributed by atoms with E-state index in [2.05, 4.69) is 0 Å². The van der Waals surface area contributed by atoms with E-state index in [0.717, 1.165) is 5.56 Å². The van der Waals surface area contributed by atoms with E-state index >= 15 is 0 Å². The molecule has 1 aliphatic rings. The Hall–Kier alpha value is -2.46. The minimum Gasteiger partial charge on any atom is -0.623 e. The second-order valence-electron chi connectivity index (χ2n) is 6.47. The van der Waals surface area contributed by atoms with Crippen LogP contribution >= 0.6 is 0 Å². The lowest BCUT2D eigenvalue weighted by Gasteiger charge is -2.32. The first-order chi connectivity index (χ1) is 10.8. The first kappa shape index (κ1) is 15.4. The summed E-state index contributed by atoms with van der Waals surface area (Å²) in [5.74, 6) is -0.562. The maximum atomic E-state index is 13.0. The fraction of sp³-hybridized carbons (Fsp3) is 0.263. The summed E-state index contributed by atoms with van der Waals surface area (Å²) in [4.78, 5) is 13.0. The number of nitrogens with zero attached hydrogens (tertiary/aromatic N) is 1. The number of aliphatic hydroxyl groups is 1. The van der Waals surface area contributed by atoms with Crippen LogP contribution in [-0.4, -0.2) is 26.9 Å². The molecule has 0 spiro atoms. The number of carbonyl (C=O) groups is 1. The third kappa shape index (κ3) is 2.02. The molecule has 0 aromatic heterocycles. The van der Waals surface area contributed by atoms with Crippen LogP contribution in [0.1, 0.15) is 30.5 Å². The number of carbonyl (C=O) groups excluding carboxylic acids is 1. The highest BCUT2D eigenvalue weighted by Gasteiger charge is 2.65. The Morgan fingerprint density at radius 2 is 1.57 bits per heavy atom. The average Bonchev–Trinajstić information content (AvgIpc) is 2.68. The molecular weight excluding hydrogens is 290 g/mol. The Morgan fingerprint density at radius 3 is 2.13 bits per heavy atom. The normalized spacial score (nSPS) is 23.4. The van der Waals surface area contributed by atoms with Gasteiger partial charge >= 0.3 is 0 Å². The summed E-state index contributed by atoms with van der Waals surface area (Å²) in [7, 11) is 0. The van der Waals surface area contributed by atoms with Gasteiger partial charge in [0.15, 0.2) is 0 Å². The molecule has 23 heavy (non-hydrogen) atoms. The zero-order valence-electron chi connectivity index (χ0n) is 13.4. The molecule has 4 heteroatoms. The summed E-state index contributed by atoms with van der Waals surface area (Å²) in [5, 5.41) is 24.0. The molecule has 0 fully saturated rings. The maximum absolute atomic E-state index is 13.0. The van der Waals surface area contributed by atoms with E-state index in [-0.39, 0.29) is 5.71 Å². The first-order valence-electron chi connectivity index (χ1n) is 7.54. The van der Waals surface area contributed by atoms with Crippen LogP contribution in [0.3, 0.4) is 0 Å². The van der Waals surface area contributed by atoms with Crippen molar-refractivity contribution in [3.8, 4) is 0 Å². The molecule has 0 saturated carbocycles. The Morgan fingerprint density at radius 1 is 1.00 bits per heavy atom. The van der Waals surface area contributed by atoms with Crippen molar-refractivity contribution in [2.75, 3.05) is 0 Å². The number of hydroxylamine groups is 1. The van der Waals surface area contributed by atoms with E-state index in [0.29, 0.717) is 15.9 Å². The van der Waals surface area contributed by atoms with Crippen molar-refractivity contribution in [2.45, 2.75) is 31.9 Å². The molecule has 2 aromatic carbocycles. The lowest BCUT2D eigenvalue weighted by molar-refractivity contribution is -0.553. The van der Waals surface area contributed by atoms with Gasteiger partial charge in [0.25, 0.3) is 11.5 Å². The minimum atomic E-state index is -1.88. The zero-order valence-corrected chi connectivity index (χ0v) is 13.4. The highest BCUT2D eigenvalue weighted by atomic mass is 16.5. The van der Waals surface area contributed by atoms with Gasteiger partial charge in [-0.1, -0.05) is 48.0 Å². The van der Waals surface area contributed by atoms with Crippen molar-refractivity contribution in [3.63, 3.8) is 0 Å². The van der Waals surface area contributed by atoms with Gasteiger partial charge in [-0.15, -0.1) is 0 Å². The van der Waals surface area contributed by atoms with Gasteiger partial charge in [0, 0.05) is 13.8 Å². The van der Waals surface area contributed by atoms with Crippen LogP contribution in [0.5, 0.6) is 0 Å². The van der Waals surface area contributed by atoms with Gasteiger partial charge in [-0.3, -0.25) is 4.79 Å². The lowest BCUT2D eigenvalue weighted by Crippen LogP contribution is -2.52. The van der Waals surface area contributed by atoms with Gasteiger partial charge in [0.2, 0.25) is 11.1 Å². The van der Waals surface area contributed by atoms with Crippen molar-refractivity contribution >= 4 is 11.5 Å². The topological polar surface area (TPSA) is 63.4 Å². The quantitative estimate of drug-likeness (QED) is 0.685. The second kappa shape index (κ2) is 5.03. The van der Waals surface area contributed by atoms with Crippen molar-refractivity contribution in [3.05, 3.63) is 76.5 Å². The van der Waals surface area contributed by atoms with Gasteiger partial charge in [0.05, 0.1) is 5.56 Å². The van der Waals surface area contributed by atoms with Gasteiger partial charge < -0.3 is 10.3 Å². The van der Waals surface area contributed by atoms with Crippen LogP contribution in [0, 0.1) is 12.1 Å². The van der Waals surface area contributed by atoms with E-state index in [1.807, 2.05) is 25.1 Å². The van der Waals surface area contributed by atoms with Crippen molar-refractivity contribution in [1.82, 2.24) is 0 Å². The monoisotopic (exact) mass is 309 g/mol. The fourth-order valence-electron chi connectivity index (χ4n) is 3.09. The van der Waals surface area contributed by atoms with Crippen LogP contribution in [-0.2, 0) is 10.4 Å². The number of benzene rings is 2. The van der Waals surface area contributed by atoms with E-state index in [9.17, 15) is 15.1 Å². The van der Waals surface area contributed by atoms with Crippen molar-refractivity contribution < 1.29 is 14.6 Å². The summed E-state index contributed by atoms with van der Waals surface area (Å²) in [6, 6.07) is 15.8. The summed E-state index contributed by atoms with van der Waals surface area (Å²) < 4.78 is 0.643. The van der Waals surface area contributed by atoms with E-state index < -0.39 is 16.9 Å². The van der Waals surface area contributed by atoms with Gasteiger partial charge in [-0.25, -0.2) is 0 Å². The number of Topliss-reactive ketones (excluding diaryl/α,β-unsaturated/α-hetero) is 1. The highest BCUT2D eigenvalue weighted by molar-refractivity contribution is 6.48. The molecule has 3 rings (SSSR count). The molecule has 1 atom stereocenters. The molecule has 4 nitrogen and oxygen atoms in total. The Labute approximate surface area is 135 Å². The minimum absolute atomic E-state index is 0.00123. The third-order valence-electron chi connectivity index (χ3n) is 4.66. The molecule has 0 aliphatic carbocycles. The number of ketones is 1. The summed E-state index contributed by atoms with van der Waals surface area (Å²) in [5.41, 5.74) is -1.21. The van der Waals surface area contributed by atoms with E-state index in [4.69, 9.17) is 0 Å². The maximum Gasteiger partial charge on any atom is 0.271 e. The Bertz CT molecular complexity index is 791. The molecule has 1 heterocycles. The van der Waals surface area contributed by atoms with Crippen LogP contribution in [0.4, 0.5) is 0 Å². The van der Waals surface area contributed by atoms with E-state index in [1.54, 1.807) is 50.2 Å². The van der Waals surface area contributed by atoms with Crippen molar-refractivity contribution in [2.24, 2.45) is 0 Å². The summed E-state index contributed by atoms with van der Waals surface area (Å²) in [6.45, 7) is 5.11. The van der Waals surface area contributed by atoms with E-state index in [1.165, 1.54) is 0 Å². The Kier molecular flexibility index (Phi) is 3.38.